The molecule has 322 valence electrons. The van der Waals surface area contributed by atoms with Crippen molar-refractivity contribution in [3.63, 3.8) is 0 Å². The summed E-state index contributed by atoms with van der Waals surface area (Å²) in [6, 6.07) is 40.4. The molecule has 1 unspecified atom stereocenters. The number of carbonyl (C=O) groups is 3. The first kappa shape index (κ1) is 42.8. The van der Waals surface area contributed by atoms with Crippen LogP contribution in [0.3, 0.4) is 0 Å². The van der Waals surface area contributed by atoms with Crippen molar-refractivity contribution in [2.45, 2.75) is 27.9 Å². The highest BCUT2D eigenvalue weighted by Crippen LogP contribution is 2.44. The molecule has 0 radical (unpaired) electrons. The van der Waals surface area contributed by atoms with Gasteiger partial charge in [-0.2, -0.15) is 0 Å². The third-order valence-corrected chi connectivity index (χ3v) is 15.0. The number of carbonyl (C=O) groups excluding carboxylic acids is 3. The zero-order valence-corrected chi connectivity index (χ0v) is 37.6. The number of hydrogen-bond acceptors (Lipinski definition) is 15. The fraction of sp³-hybridized carbons (Fsp3) is 0.170. The van der Waals surface area contributed by atoms with Gasteiger partial charge in [0.15, 0.2) is 20.8 Å². The predicted octanol–water partition coefficient (Wildman–Crippen LogP) is 8.10. The Balaban J connectivity index is 0.955. The van der Waals surface area contributed by atoms with Gasteiger partial charge in [0.25, 0.3) is 11.8 Å². The van der Waals surface area contributed by atoms with Gasteiger partial charge in [0.1, 0.15) is 47.8 Å². The smallest absolute Gasteiger partial charge is 0.355 e. The average Bonchev–Trinajstić information content (AvgIpc) is 4.00. The highest BCUT2D eigenvalue weighted by atomic mass is 32.2. The number of ether oxygens (including phenoxy) is 2. The fourth-order valence-electron chi connectivity index (χ4n) is 7.57. The number of β-lactam (4-membered cyclic amide) rings is 1. The number of amides is 2. The van der Waals surface area contributed by atoms with E-state index in [2.05, 4.69) is 62.2 Å². The van der Waals surface area contributed by atoms with Crippen molar-refractivity contribution in [3.05, 3.63) is 178 Å². The molecular formula is C47H39N7O6S4. The molecule has 1 saturated heterocycles. The molecule has 0 spiro atoms. The summed E-state index contributed by atoms with van der Waals surface area (Å²) < 4.78 is 12.8. The van der Waals surface area contributed by atoms with Gasteiger partial charge in [0.2, 0.25) is 0 Å². The van der Waals surface area contributed by atoms with Gasteiger partial charge >= 0.3 is 5.97 Å². The van der Waals surface area contributed by atoms with E-state index in [1.54, 1.807) is 30.8 Å². The van der Waals surface area contributed by atoms with Crippen molar-refractivity contribution >= 4 is 85.2 Å². The number of oxime groups is 1. The average molecular weight is 926 g/mol. The van der Waals surface area contributed by atoms with E-state index in [4.69, 9.17) is 19.3 Å². The van der Waals surface area contributed by atoms with E-state index in [-0.39, 0.29) is 23.7 Å². The second-order valence-corrected chi connectivity index (χ2v) is 18.7. The van der Waals surface area contributed by atoms with Crippen LogP contribution in [0.5, 0.6) is 5.75 Å². The van der Waals surface area contributed by atoms with Gasteiger partial charge in [0.05, 0.1) is 11.8 Å². The van der Waals surface area contributed by atoms with Gasteiger partial charge in [-0.05, 0) is 52.1 Å². The SMILES string of the molecule is CO/N=C(\C(=O)NC1C(=O)N2C(C(=O)OCc3ccc(OC)cc3)=C(CSc3nc4ncccc4s3)CS[C@@H]12)c1csc(NC(c2ccccc2)(c2ccccc2)c2ccccc2)n1. The lowest BCUT2D eigenvalue weighted by Crippen LogP contribution is -2.71. The van der Waals surface area contributed by atoms with Gasteiger partial charge < -0.3 is 24.9 Å². The molecule has 0 bridgehead atoms. The molecule has 9 rings (SSSR count). The van der Waals surface area contributed by atoms with E-state index in [1.807, 2.05) is 78.9 Å². The number of fused-ring (bicyclic) bond motifs is 2. The summed E-state index contributed by atoms with van der Waals surface area (Å²) in [4.78, 5) is 62.7. The van der Waals surface area contributed by atoms with Crippen LogP contribution in [0.4, 0.5) is 5.13 Å². The molecule has 2 atom stereocenters. The molecule has 17 heteroatoms. The van der Waals surface area contributed by atoms with Crippen LogP contribution < -0.4 is 15.4 Å². The highest BCUT2D eigenvalue weighted by Gasteiger charge is 2.55. The summed E-state index contributed by atoms with van der Waals surface area (Å²) in [5.41, 5.74) is 4.53. The number of methoxy groups -OCH3 is 1. The van der Waals surface area contributed by atoms with Crippen LogP contribution >= 0.6 is 46.2 Å². The molecule has 0 aliphatic carbocycles. The Morgan fingerprint density at radius 1 is 0.875 bits per heavy atom. The number of pyridine rings is 1. The molecular weight excluding hydrogens is 887 g/mol. The van der Waals surface area contributed by atoms with Crippen LogP contribution in [0.2, 0.25) is 0 Å². The Bertz CT molecular complexity index is 2730. The van der Waals surface area contributed by atoms with Gasteiger partial charge in [-0.3, -0.25) is 14.5 Å². The first-order valence-corrected chi connectivity index (χ1v) is 23.7. The number of thiazole rings is 2. The van der Waals surface area contributed by atoms with E-state index >= 15 is 0 Å². The summed E-state index contributed by atoms with van der Waals surface area (Å²) in [6.07, 6.45) is 1.70. The number of hydrogen-bond donors (Lipinski definition) is 2. The van der Waals surface area contributed by atoms with Crippen molar-refractivity contribution in [1.82, 2.24) is 25.2 Å². The molecule has 4 aromatic carbocycles. The normalized spacial score (nSPS) is 16.2. The van der Waals surface area contributed by atoms with Gasteiger partial charge in [0, 0.05) is 23.1 Å². The molecule has 3 aromatic heterocycles. The summed E-state index contributed by atoms with van der Waals surface area (Å²) in [5, 5.41) is 12.4. The largest absolute Gasteiger partial charge is 0.497 e. The number of rotatable bonds is 16. The van der Waals surface area contributed by atoms with Gasteiger partial charge in [-0.25, -0.2) is 19.7 Å². The van der Waals surface area contributed by atoms with Crippen LogP contribution in [0.15, 0.2) is 160 Å². The first-order chi connectivity index (χ1) is 31.4. The van der Waals surface area contributed by atoms with Crippen LogP contribution in [0, 0.1) is 0 Å². The second kappa shape index (κ2) is 19.1. The molecule has 2 N–H and O–H groups in total. The minimum absolute atomic E-state index is 0.0131. The molecule has 13 nitrogen and oxygen atoms in total. The van der Waals surface area contributed by atoms with E-state index in [1.165, 1.54) is 58.2 Å². The third kappa shape index (κ3) is 8.58. The number of nitrogens with one attached hydrogen (secondary N) is 2. The van der Waals surface area contributed by atoms with Crippen molar-refractivity contribution in [2.75, 3.05) is 31.0 Å². The number of anilines is 1. The number of aromatic nitrogens is 3. The molecule has 64 heavy (non-hydrogen) atoms. The summed E-state index contributed by atoms with van der Waals surface area (Å²) >= 11 is 5.74. The molecule has 1 fully saturated rings. The van der Waals surface area contributed by atoms with Gasteiger partial charge in [-0.1, -0.05) is 120 Å². The van der Waals surface area contributed by atoms with Crippen molar-refractivity contribution in [2.24, 2.45) is 5.16 Å². The zero-order valence-electron chi connectivity index (χ0n) is 34.4. The first-order valence-electron chi connectivity index (χ1n) is 20.0. The molecule has 0 saturated carbocycles. The lowest BCUT2D eigenvalue weighted by Gasteiger charge is -2.49. The monoisotopic (exact) mass is 925 g/mol. The molecule has 2 aliphatic rings. The molecule has 2 amide bonds. The fourth-order valence-corrected chi connectivity index (χ4v) is 11.8. The molecule has 7 aromatic rings. The number of esters is 1. The van der Waals surface area contributed by atoms with Crippen molar-refractivity contribution in [3.8, 4) is 5.75 Å². The third-order valence-electron chi connectivity index (χ3n) is 10.6. The zero-order chi connectivity index (χ0) is 44.0. The minimum atomic E-state index is -0.966. The van der Waals surface area contributed by atoms with E-state index < -0.39 is 34.7 Å². The maximum atomic E-state index is 14.1. The van der Waals surface area contributed by atoms with Crippen LogP contribution in [-0.4, -0.2) is 80.5 Å². The molecule has 2 aliphatic heterocycles. The van der Waals surface area contributed by atoms with Crippen LogP contribution in [0.1, 0.15) is 27.9 Å². The van der Waals surface area contributed by atoms with E-state index in [0.717, 1.165) is 36.9 Å². The predicted molar refractivity (Wildman–Crippen MR) is 251 cm³/mol. The summed E-state index contributed by atoms with van der Waals surface area (Å²) in [5.74, 6) is -0.271. The molecule has 5 heterocycles. The number of nitrogens with zero attached hydrogens (tertiary/aromatic N) is 5. The van der Waals surface area contributed by atoms with Crippen LogP contribution in [-0.2, 0) is 36.1 Å². The Hall–Kier alpha value is -6.53. The summed E-state index contributed by atoms with van der Waals surface area (Å²) in [6.45, 7) is -0.0131. The quantitative estimate of drug-likeness (QED) is 0.0240. The maximum absolute atomic E-state index is 14.1. The lowest BCUT2D eigenvalue weighted by molar-refractivity contribution is -0.153. The maximum Gasteiger partial charge on any atom is 0.355 e. The Morgan fingerprint density at radius 2 is 1.55 bits per heavy atom. The van der Waals surface area contributed by atoms with Gasteiger partial charge in [-0.15, -0.1) is 34.4 Å². The summed E-state index contributed by atoms with van der Waals surface area (Å²) in [7, 11) is 2.92. The Morgan fingerprint density at radius 3 is 2.17 bits per heavy atom. The Kier molecular flexibility index (Phi) is 12.7. The highest BCUT2D eigenvalue weighted by molar-refractivity contribution is 8.02. The number of thioether (sulfide) groups is 2. The van der Waals surface area contributed by atoms with Crippen LogP contribution in [0.25, 0.3) is 10.3 Å². The van der Waals surface area contributed by atoms with Crippen molar-refractivity contribution in [1.29, 1.82) is 0 Å². The lowest BCUT2D eigenvalue weighted by atomic mass is 9.77. The second-order valence-electron chi connectivity index (χ2n) is 14.5. The standard InChI is InChI=1S/C47H39N7O6S4/c1-58-34-22-20-29(21-23-34)25-60-44(57)39-30(27-63-46-51-40-36(64-46)19-12-24-48-40)26-61-43-38(42(56)54(39)43)50-41(55)37(53-59-2)35-28-62-45(49-35)52-47(31-13-6-3-7-14-31,32-15-8-4-9-16-32)33-17-10-5-11-18-33/h3-24,28,38,43H,25-27H2,1-2H3,(H,49,52)(H,50,55)/b53-37-/t38?,43-/m0/s1. The topological polar surface area (TPSA) is 157 Å². The van der Waals surface area contributed by atoms with E-state index in [9.17, 15) is 14.4 Å². The number of benzene rings is 4. The van der Waals surface area contributed by atoms with E-state index in [0.29, 0.717) is 28.0 Å². The Labute approximate surface area is 385 Å². The minimum Gasteiger partial charge on any atom is -0.497 e. The van der Waals surface area contributed by atoms with Crippen molar-refractivity contribution < 1.29 is 28.7 Å².